The number of hydrogen-bond donors (Lipinski definition) is 1. The molecule has 1 aromatic carbocycles. The number of ether oxygens (including phenoxy) is 1. The number of carbonyl (C=O) groups is 1. The zero-order valence-corrected chi connectivity index (χ0v) is 13.4. The summed E-state index contributed by atoms with van der Waals surface area (Å²) in [5.74, 6) is 0. The number of nitroso groups, excluding NO2 is 1. The standard InChI is InChI=1S/C15H19F3N2O3/c1-14(2,3)23-13(21)19-12(9-20(4)22)10-6-5-7-11(8-10)15(16,17)18/h5-8,12H,9H2,1-4H3/p+1. The molecule has 0 aliphatic carbocycles. The van der Waals surface area contributed by atoms with E-state index in [2.05, 4.69) is 5.32 Å². The van der Waals surface area contributed by atoms with Crippen molar-refractivity contribution in [1.82, 2.24) is 5.32 Å². The lowest BCUT2D eigenvalue weighted by Gasteiger charge is -2.22. The van der Waals surface area contributed by atoms with Crippen molar-refractivity contribution >= 4 is 6.09 Å². The molecular weight excluding hydrogens is 313 g/mol. The summed E-state index contributed by atoms with van der Waals surface area (Å²) < 4.78 is 44.0. The molecule has 23 heavy (non-hydrogen) atoms. The molecule has 1 unspecified atom stereocenters. The topological polar surface area (TPSA) is 58.4 Å². The summed E-state index contributed by atoms with van der Waals surface area (Å²) in [4.78, 5) is 23.1. The van der Waals surface area contributed by atoms with Gasteiger partial charge in [0.05, 0.1) is 5.56 Å². The maximum atomic E-state index is 12.8. The summed E-state index contributed by atoms with van der Waals surface area (Å²) in [6, 6.07) is 3.56. The molecule has 5 nitrogen and oxygen atoms in total. The summed E-state index contributed by atoms with van der Waals surface area (Å²) in [7, 11) is 1.22. The average molecular weight is 333 g/mol. The van der Waals surface area contributed by atoms with Crippen LogP contribution in [0.5, 0.6) is 0 Å². The molecular formula is C15H20F3N2O3+. The molecule has 0 radical (unpaired) electrons. The van der Waals surface area contributed by atoms with Gasteiger partial charge in [-0.05, 0) is 43.2 Å². The van der Waals surface area contributed by atoms with E-state index in [1.807, 2.05) is 0 Å². The third-order valence-electron chi connectivity index (χ3n) is 2.75. The first-order chi connectivity index (χ1) is 10.4. The zero-order valence-electron chi connectivity index (χ0n) is 13.4. The average Bonchev–Trinajstić information content (AvgIpc) is 2.34. The van der Waals surface area contributed by atoms with Crippen LogP contribution in [0.2, 0.25) is 0 Å². The molecule has 0 heterocycles. The molecule has 1 aromatic rings. The van der Waals surface area contributed by atoms with E-state index in [-0.39, 0.29) is 12.1 Å². The summed E-state index contributed by atoms with van der Waals surface area (Å²) in [6.45, 7) is 4.77. The second-order valence-corrected chi connectivity index (χ2v) is 6.13. The normalized spacial score (nSPS) is 13.3. The second-order valence-electron chi connectivity index (χ2n) is 6.13. The van der Waals surface area contributed by atoms with Crippen molar-refractivity contribution in [3.8, 4) is 0 Å². The van der Waals surface area contributed by atoms with E-state index < -0.39 is 29.5 Å². The first-order valence-electron chi connectivity index (χ1n) is 6.93. The molecule has 0 aromatic heterocycles. The van der Waals surface area contributed by atoms with Crippen LogP contribution in [0.4, 0.5) is 18.0 Å². The number of nitrogens with zero attached hydrogens (tertiary/aromatic N) is 1. The highest BCUT2D eigenvalue weighted by Gasteiger charge is 2.32. The minimum atomic E-state index is -4.50. The molecule has 0 saturated heterocycles. The van der Waals surface area contributed by atoms with Gasteiger partial charge in [-0.1, -0.05) is 12.1 Å². The van der Waals surface area contributed by atoms with Crippen LogP contribution in [0.1, 0.15) is 37.9 Å². The summed E-state index contributed by atoms with van der Waals surface area (Å²) in [6.07, 6.45) is -5.31. The summed E-state index contributed by atoms with van der Waals surface area (Å²) in [5.41, 5.74) is -1.43. The predicted molar refractivity (Wildman–Crippen MR) is 78.0 cm³/mol. The van der Waals surface area contributed by atoms with E-state index in [9.17, 15) is 22.9 Å². The maximum absolute atomic E-state index is 12.8. The molecule has 8 heteroatoms. The Balaban J connectivity index is 3.03. The zero-order chi connectivity index (χ0) is 17.8. The van der Waals surface area contributed by atoms with E-state index in [4.69, 9.17) is 4.74 Å². The van der Waals surface area contributed by atoms with Crippen LogP contribution >= 0.6 is 0 Å². The number of carbonyl (C=O) groups excluding carboxylic acids is 1. The van der Waals surface area contributed by atoms with Crippen LogP contribution in [0.3, 0.4) is 0 Å². The Bertz CT molecular complexity index is 580. The summed E-state index contributed by atoms with van der Waals surface area (Å²) in [5, 5.41) is 2.43. The highest BCUT2D eigenvalue weighted by molar-refractivity contribution is 5.68. The number of nitrogens with one attached hydrogen (secondary N) is 1. The lowest BCUT2D eigenvalue weighted by Crippen LogP contribution is -2.37. The van der Waals surface area contributed by atoms with Crippen LogP contribution in [-0.4, -0.2) is 30.0 Å². The Morgan fingerprint density at radius 2 is 1.91 bits per heavy atom. The number of benzene rings is 1. The molecule has 128 valence electrons. The Hall–Kier alpha value is -2.12. The van der Waals surface area contributed by atoms with Gasteiger partial charge < -0.3 is 10.1 Å². The molecule has 1 rings (SSSR count). The highest BCUT2D eigenvalue weighted by atomic mass is 19.4. The fraction of sp³-hybridized carbons (Fsp3) is 0.533. The first kappa shape index (κ1) is 18.9. The minimum absolute atomic E-state index is 0.174. The van der Waals surface area contributed by atoms with Gasteiger partial charge in [-0.3, -0.25) is 0 Å². The van der Waals surface area contributed by atoms with Gasteiger partial charge in [0.15, 0.2) is 7.05 Å². The number of hydrogen-bond acceptors (Lipinski definition) is 3. The third-order valence-corrected chi connectivity index (χ3v) is 2.75. The predicted octanol–water partition coefficient (Wildman–Crippen LogP) is 3.68. The van der Waals surface area contributed by atoms with Crippen molar-refractivity contribution in [1.29, 1.82) is 0 Å². The molecule has 0 bridgehead atoms. The van der Waals surface area contributed by atoms with Gasteiger partial charge in [-0.2, -0.15) is 13.2 Å². The van der Waals surface area contributed by atoms with Gasteiger partial charge in [0.1, 0.15) is 11.6 Å². The fourth-order valence-corrected chi connectivity index (χ4v) is 1.87. The number of alkyl halides is 3. The van der Waals surface area contributed by atoms with Gasteiger partial charge in [-0.25, -0.2) is 4.79 Å². The largest absolute Gasteiger partial charge is 0.444 e. The smallest absolute Gasteiger partial charge is 0.416 e. The van der Waals surface area contributed by atoms with Gasteiger partial charge >= 0.3 is 12.3 Å². The quantitative estimate of drug-likeness (QED) is 0.855. The lowest BCUT2D eigenvalue weighted by molar-refractivity contribution is -0.522. The number of amides is 1. The van der Waals surface area contributed by atoms with Gasteiger partial charge in [0.25, 0.3) is 0 Å². The van der Waals surface area contributed by atoms with E-state index in [1.54, 1.807) is 20.8 Å². The van der Waals surface area contributed by atoms with E-state index in [0.29, 0.717) is 4.76 Å². The van der Waals surface area contributed by atoms with Crippen molar-refractivity contribution in [2.75, 3.05) is 13.6 Å². The van der Waals surface area contributed by atoms with Crippen molar-refractivity contribution in [3.63, 3.8) is 0 Å². The van der Waals surface area contributed by atoms with Gasteiger partial charge in [0, 0.05) is 4.91 Å². The van der Waals surface area contributed by atoms with Gasteiger partial charge in [0.2, 0.25) is 6.54 Å². The number of rotatable bonds is 4. The molecule has 0 saturated carbocycles. The van der Waals surface area contributed by atoms with Gasteiger partial charge in [-0.15, -0.1) is 0 Å². The van der Waals surface area contributed by atoms with Crippen molar-refractivity contribution in [2.24, 2.45) is 0 Å². The molecule has 1 N–H and O–H groups in total. The number of halogens is 3. The Kier molecular flexibility index (Phi) is 5.74. The third kappa shape index (κ3) is 6.66. The monoisotopic (exact) mass is 333 g/mol. The SMILES string of the molecule is C[N+](=O)CC(NC(=O)OC(C)(C)C)c1cccc(C(F)(F)F)c1. The van der Waals surface area contributed by atoms with Crippen LogP contribution < -0.4 is 5.32 Å². The number of alkyl carbamates (subject to hydrolysis) is 1. The maximum Gasteiger partial charge on any atom is 0.416 e. The fourth-order valence-electron chi connectivity index (χ4n) is 1.87. The number of likely N-dealkylation sites (N-methyl/N-ethyl adjacent to an activating group) is 1. The molecule has 0 aliphatic rings. The van der Waals surface area contributed by atoms with Crippen LogP contribution in [-0.2, 0) is 10.9 Å². The Morgan fingerprint density at radius 3 is 2.39 bits per heavy atom. The first-order valence-corrected chi connectivity index (χ1v) is 6.93. The Morgan fingerprint density at radius 1 is 1.30 bits per heavy atom. The van der Waals surface area contributed by atoms with Crippen molar-refractivity contribution in [3.05, 3.63) is 40.3 Å². The second kappa shape index (κ2) is 6.97. The summed E-state index contributed by atoms with van der Waals surface area (Å²) >= 11 is 0. The van der Waals surface area contributed by atoms with Crippen LogP contribution in [0.15, 0.2) is 24.3 Å². The molecule has 0 spiro atoms. The minimum Gasteiger partial charge on any atom is -0.444 e. The molecule has 0 fully saturated rings. The highest BCUT2D eigenvalue weighted by Crippen LogP contribution is 2.30. The van der Waals surface area contributed by atoms with Crippen LogP contribution in [0, 0.1) is 4.91 Å². The van der Waals surface area contributed by atoms with Crippen molar-refractivity contribution < 1.29 is 27.5 Å². The molecule has 1 amide bonds. The van der Waals surface area contributed by atoms with Crippen molar-refractivity contribution in [2.45, 2.75) is 38.6 Å². The Labute approximate surface area is 132 Å². The molecule has 0 aliphatic heterocycles. The molecule has 1 atom stereocenters. The van der Waals surface area contributed by atoms with E-state index >= 15 is 0 Å². The van der Waals surface area contributed by atoms with Crippen LogP contribution in [0.25, 0.3) is 0 Å². The van der Waals surface area contributed by atoms with E-state index in [1.165, 1.54) is 19.2 Å². The van der Waals surface area contributed by atoms with E-state index in [0.717, 1.165) is 12.1 Å². The lowest BCUT2D eigenvalue weighted by atomic mass is 10.0.